The lowest BCUT2D eigenvalue weighted by molar-refractivity contribution is -0.115. The van der Waals surface area contributed by atoms with E-state index in [0.29, 0.717) is 12.6 Å². The van der Waals surface area contributed by atoms with Crippen LogP contribution in [0, 0.1) is 13.8 Å². The molecule has 0 radical (unpaired) electrons. The molecular weight excluding hydrogens is 284 g/mol. The number of hydrogen-bond donors (Lipinski definition) is 1. The zero-order valence-corrected chi connectivity index (χ0v) is 14.1. The van der Waals surface area contributed by atoms with Gasteiger partial charge in [0.15, 0.2) is 0 Å². The van der Waals surface area contributed by atoms with E-state index in [2.05, 4.69) is 41.4 Å². The molecule has 0 aromatic heterocycles. The summed E-state index contributed by atoms with van der Waals surface area (Å²) in [5, 5.41) is 3.07. The monoisotopic (exact) mass is 308 g/mol. The molecule has 2 aromatic carbocycles. The number of amides is 1. The van der Waals surface area contributed by atoms with Gasteiger partial charge in [-0.3, -0.25) is 4.79 Å². The summed E-state index contributed by atoms with van der Waals surface area (Å²) in [5.74, 6) is 0.0438. The molecule has 0 saturated carbocycles. The van der Waals surface area contributed by atoms with Crippen molar-refractivity contribution in [3.05, 3.63) is 59.2 Å². The number of carbonyl (C=O) groups is 1. The molecule has 0 fully saturated rings. The van der Waals surface area contributed by atoms with E-state index in [9.17, 15) is 4.79 Å². The molecule has 1 heterocycles. The van der Waals surface area contributed by atoms with Crippen LogP contribution in [0.2, 0.25) is 0 Å². The van der Waals surface area contributed by atoms with Crippen LogP contribution in [0.25, 0.3) is 0 Å². The van der Waals surface area contributed by atoms with Crippen molar-refractivity contribution in [2.45, 2.75) is 39.7 Å². The van der Waals surface area contributed by atoms with Crippen LogP contribution < -0.4 is 10.2 Å². The highest BCUT2D eigenvalue weighted by atomic mass is 16.2. The van der Waals surface area contributed by atoms with Crippen LogP contribution >= 0.6 is 0 Å². The summed E-state index contributed by atoms with van der Waals surface area (Å²) < 4.78 is 0. The van der Waals surface area contributed by atoms with Crippen LogP contribution in [-0.2, 0) is 11.2 Å². The highest BCUT2D eigenvalue weighted by Gasteiger charge is 2.24. The molecule has 0 bridgehead atoms. The molecule has 3 nitrogen and oxygen atoms in total. The van der Waals surface area contributed by atoms with E-state index in [4.69, 9.17) is 0 Å². The Kier molecular flexibility index (Phi) is 4.37. The number of benzene rings is 2. The van der Waals surface area contributed by atoms with Gasteiger partial charge in [0, 0.05) is 17.4 Å². The highest BCUT2D eigenvalue weighted by molar-refractivity contribution is 5.95. The average Bonchev–Trinajstić information content (AvgIpc) is 2.54. The fourth-order valence-corrected chi connectivity index (χ4v) is 3.22. The lowest BCUT2D eigenvalue weighted by atomic mass is 9.96. The molecule has 2 aromatic rings. The topological polar surface area (TPSA) is 32.3 Å². The average molecular weight is 308 g/mol. The second-order valence-corrected chi connectivity index (χ2v) is 6.51. The second-order valence-electron chi connectivity index (χ2n) is 6.51. The van der Waals surface area contributed by atoms with Gasteiger partial charge in [-0.15, -0.1) is 0 Å². The molecule has 1 atom stereocenters. The van der Waals surface area contributed by atoms with E-state index in [1.165, 1.54) is 11.3 Å². The fraction of sp³-hybridized carbons (Fsp3) is 0.350. The highest BCUT2D eigenvalue weighted by Crippen LogP contribution is 2.30. The Morgan fingerprint density at radius 3 is 2.83 bits per heavy atom. The third-order valence-electron chi connectivity index (χ3n) is 4.65. The lowest BCUT2D eigenvalue weighted by Gasteiger charge is -2.36. The van der Waals surface area contributed by atoms with Crippen LogP contribution in [-0.4, -0.2) is 18.5 Å². The van der Waals surface area contributed by atoms with Gasteiger partial charge in [0.2, 0.25) is 5.91 Å². The third kappa shape index (κ3) is 3.39. The van der Waals surface area contributed by atoms with E-state index in [1.54, 1.807) is 0 Å². The Balaban J connectivity index is 1.76. The molecule has 1 amide bonds. The van der Waals surface area contributed by atoms with Gasteiger partial charge in [-0.2, -0.15) is 0 Å². The minimum atomic E-state index is 0.0438. The van der Waals surface area contributed by atoms with Gasteiger partial charge in [-0.05, 0) is 62.4 Å². The van der Waals surface area contributed by atoms with Gasteiger partial charge in [-0.1, -0.05) is 30.3 Å². The van der Waals surface area contributed by atoms with E-state index in [0.717, 1.165) is 29.7 Å². The number of fused-ring (bicyclic) bond motifs is 1. The maximum atomic E-state index is 12.5. The number of rotatable bonds is 3. The molecule has 1 aliphatic heterocycles. The Hall–Kier alpha value is -2.29. The molecule has 3 heteroatoms. The Labute approximate surface area is 138 Å². The van der Waals surface area contributed by atoms with Gasteiger partial charge < -0.3 is 10.2 Å². The van der Waals surface area contributed by atoms with E-state index < -0.39 is 0 Å². The van der Waals surface area contributed by atoms with Gasteiger partial charge in [0.25, 0.3) is 0 Å². The molecule has 0 unspecified atom stereocenters. The molecule has 1 N–H and O–H groups in total. The van der Waals surface area contributed by atoms with E-state index in [1.807, 2.05) is 32.0 Å². The van der Waals surface area contributed by atoms with Crippen molar-refractivity contribution in [2.24, 2.45) is 0 Å². The molecule has 120 valence electrons. The van der Waals surface area contributed by atoms with Crippen molar-refractivity contribution in [3.63, 3.8) is 0 Å². The summed E-state index contributed by atoms with van der Waals surface area (Å²) in [5.41, 5.74) is 5.69. The number of nitrogens with zero attached hydrogens (tertiary/aromatic N) is 1. The zero-order valence-electron chi connectivity index (χ0n) is 14.1. The maximum absolute atomic E-state index is 12.5. The first-order chi connectivity index (χ1) is 11.0. The van der Waals surface area contributed by atoms with Crippen molar-refractivity contribution in [3.8, 4) is 0 Å². The summed E-state index contributed by atoms with van der Waals surface area (Å²) in [4.78, 5) is 14.8. The van der Waals surface area contributed by atoms with Crippen molar-refractivity contribution in [2.75, 3.05) is 16.8 Å². The van der Waals surface area contributed by atoms with Gasteiger partial charge in [0.1, 0.15) is 0 Å². The fourth-order valence-electron chi connectivity index (χ4n) is 3.22. The lowest BCUT2D eigenvalue weighted by Crippen LogP contribution is -2.42. The zero-order chi connectivity index (χ0) is 16.4. The smallest absolute Gasteiger partial charge is 0.243 e. The van der Waals surface area contributed by atoms with Crippen LogP contribution in [0.15, 0.2) is 42.5 Å². The number of hydrogen-bond acceptors (Lipinski definition) is 2. The second kappa shape index (κ2) is 6.45. The van der Waals surface area contributed by atoms with Crippen molar-refractivity contribution in [1.29, 1.82) is 0 Å². The Bertz CT molecular complexity index is 723. The molecule has 0 saturated heterocycles. The summed E-state index contributed by atoms with van der Waals surface area (Å²) >= 11 is 0. The van der Waals surface area contributed by atoms with E-state index >= 15 is 0 Å². The van der Waals surface area contributed by atoms with Crippen LogP contribution in [0.1, 0.15) is 30.0 Å². The van der Waals surface area contributed by atoms with Crippen molar-refractivity contribution >= 4 is 17.3 Å². The summed E-state index contributed by atoms with van der Waals surface area (Å²) in [7, 11) is 0. The largest absolute Gasteiger partial charge is 0.359 e. The first-order valence-corrected chi connectivity index (χ1v) is 8.26. The molecular formula is C20H24N2O. The Morgan fingerprint density at radius 1 is 1.22 bits per heavy atom. The number of nitrogens with one attached hydrogen (secondary N) is 1. The predicted molar refractivity (Wildman–Crippen MR) is 96.1 cm³/mol. The van der Waals surface area contributed by atoms with Crippen molar-refractivity contribution < 1.29 is 4.79 Å². The molecule has 0 spiro atoms. The number of para-hydroxylation sites is 1. The standard InChI is InChI=1S/C20H24N2O/c1-14-8-9-15(2)18(12-14)21-20(23)13-22-16(3)10-11-17-6-4-5-7-19(17)22/h4-9,12,16H,10-11,13H2,1-3H3,(H,21,23)/t16-/m1/s1. The maximum Gasteiger partial charge on any atom is 0.243 e. The normalized spacial score (nSPS) is 16.8. The molecule has 1 aliphatic rings. The van der Waals surface area contributed by atoms with Crippen LogP contribution in [0.5, 0.6) is 0 Å². The minimum Gasteiger partial charge on any atom is -0.359 e. The quantitative estimate of drug-likeness (QED) is 0.926. The minimum absolute atomic E-state index is 0.0438. The first kappa shape index (κ1) is 15.6. The van der Waals surface area contributed by atoms with Crippen LogP contribution in [0.3, 0.4) is 0 Å². The van der Waals surface area contributed by atoms with Crippen molar-refractivity contribution in [1.82, 2.24) is 0 Å². The predicted octanol–water partition coefficient (Wildman–Crippen LogP) is 4.08. The number of anilines is 2. The van der Waals surface area contributed by atoms with Gasteiger partial charge in [-0.25, -0.2) is 0 Å². The van der Waals surface area contributed by atoms with Gasteiger partial charge >= 0.3 is 0 Å². The first-order valence-electron chi connectivity index (χ1n) is 8.26. The van der Waals surface area contributed by atoms with Crippen LogP contribution in [0.4, 0.5) is 11.4 Å². The molecule has 23 heavy (non-hydrogen) atoms. The molecule has 0 aliphatic carbocycles. The third-order valence-corrected chi connectivity index (χ3v) is 4.65. The summed E-state index contributed by atoms with van der Waals surface area (Å²) in [6.07, 6.45) is 2.18. The number of aryl methyl sites for hydroxylation is 3. The summed E-state index contributed by atoms with van der Waals surface area (Å²) in [6.45, 7) is 6.65. The van der Waals surface area contributed by atoms with Gasteiger partial charge in [0.05, 0.1) is 6.54 Å². The molecule has 3 rings (SSSR count). The number of carbonyl (C=O) groups excluding carboxylic acids is 1. The SMILES string of the molecule is Cc1ccc(C)c(NC(=O)CN2c3ccccc3CC[C@H]2C)c1. The van der Waals surface area contributed by atoms with E-state index in [-0.39, 0.29) is 5.91 Å². The summed E-state index contributed by atoms with van der Waals surface area (Å²) in [6, 6.07) is 14.9. The Morgan fingerprint density at radius 2 is 2.00 bits per heavy atom.